The molecule has 1 fully saturated rings. The number of nitrogens with zero attached hydrogens (tertiary/aromatic N) is 3. The van der Waals surface area contributed by atoms with Crippen LogP contribution in [0.2, 0.25) is 0 Å². The van der Waals surface area contributed by atoms with E-state index >= 15 is 0 Å². The lowest BCUT2D eigenvalue weighted by Gasteiger charge is -2.32. The molecule has 7 nitrogen and oxygen atoms in total. The quantitative estimate of drug-likeness (QED) is 0.585. The molecule has 1 aromatic rings. The largest absolute Gasteiger partial charge is 0.621 e. The van der Waals surface area contributed by atoms with E-state index in [0.717, 1.165) is 11.3 Å². The van der Waals surface area contributed by atoms with Gasteiger partial charge in [0.2, 0.25) is 0 Å². The molecule has 0 radical (unpaired) electrons. The van der Waals surface area contributed by atoms with Gasteiger partial charge >= 0.3 is 6.03 Å². The third-order valence-electron chi connectivity index (χ3n) is 4.09. The minimum atomic E-state index is -1.34. The monoisotopic (exact) mass is 311 g/mol. The van der Waals surface area contributed by atoms with Gasteiger partial charge in [-0.15, -0.1) is 0 Å². The molecule has 8 heteroatoms. The van der Waals surface area contributed by atoms with Gasteiger partial charge in [-0.1, -0.05) is 25.2 Å². The summed E-state index contributed by atoms with van der Waals surface area (Å²) in [6.07, 6.45) is 1.01. The summed E-state index contributed by atoms with van der Waals surface area (Å²) in [4.78, 5) is 28.9. The van der Waals surface area contributed by atoms with Crippen LogP contribution in [0.5, 0.6) is 0 Å². The zero-order valence-electron chi connectivity index (χ0n) is 12.2. The maximum Gasteiger partial charge on any atom is 0.521 e. The van der Waals surface area contributed by atoms with E-state index in [9.17, 15) is 20.0 Å². The minimum Gasteiger partial charge on any atom is -0.621 e. The number of carbonyl (C=O) groups excluding carboxylic acids is 2. The summed E-state index contributed by atoms with van der Waals surface area (Å²) < 4.78 is -2.53. The number of hydrogen-bond donors (Lipinski definition) is 0. The summed E-state index contributed by atoms with van der Waals surface area (Å²) in [6, 6.07) is -0.965. The van der Waals surface area contributed by atoms with Crippen molar-refractivity contribution in [2.45, 2.75) is 26.7 Å². The number of hydrogen-bond acceptors (Lipinski definition) is 6. The number of rotatable bonds is 1. The Balaban J connectivity index is 2.04. The molecule has 2 unspecified atom stereocenters. The van der Waals surface area contributed by atoms with Crippen molar-refractivity contribution in [3.05, 3.63) is 21.0 Å². The Labute approximate surface area is 126 Å². The highest BCUT2D eigenvalue weighted by Crippen LogP contribution is 2.42. The van der Waals surface area contributed by atoms with Crippen LogP contribution in [0.15, 0.2) is 0 Å². The predicted octanol–water partition coefficient (Wildman–Crippen LogP) is 2.18. The first-order chi connectivity index (χ1) is 9.55. The zero-order valence-corrected chi connectivity index (χ0v) is 13.0. The van der Waals surface area contributed by atoms with E-state index in [0.29, 0.717) is 23.4 Å². The number of hydroxylamine groups is 5. The fourth-order valence-electron chi connectivity index (χ4n) is 2.90. The number of carbonyl (C=O) groups is 2. The van der Waals surface area contributed by atoms with Crippen molar-refractivity contribution in [2.75, 3.05) is 20.1 Å². The van der Waals surface area contributed by atoms with Crippen LogP contribution in [0.3, 0.4) is 0 Å². The van der Waals surface area contributed by atoms with E-state index in [1.54, 1.807) is 0 Å². The van der Waals surface area contributed by atoms with Crippen molar-refractivity contribution in [3.63, 3.8) is 0 Å². The molecule has 21 heavy (non-hydrogen) atoms. The molecule has 2 heterocycles. The SMILES string of the molecule is CC1(C)CC(=O)c2sc([N+]3([O-])CC[N+](C)([O-])C3=O)nc2C1. The van der Waals surface area contributed by atoms with Crippen LogP contribution in [0.4, 0.5) is 9.93 Å². The lowest BCUT2D eigenvalue weighted by Crippen LogP contribution is -2.51. The maximum atomic E-state index is 12.7. The number of urea groups is 1. The Bertz CT molecular complexity index is 652. The number of likely N-dealkylation sites (N-methyl/N-ethyl adjacent to an activating group) is 1. The third-order valence-corrected chi connectivity index (χ3v) is 5.32. The molecule has 1 saturated heterocycles. The first kappa shape index (κ1) is 14.7. The standard InChI is InChI=1S/C13H17N3O4S/c1-13(2)6-8-10(9(17)7-13)21-11(14-8)16(20)5-4-15(3,19)12(16)18/h4-7H2,1-3H3. The van der Waals surface area contributed by atoms with Crippen molar-refractivity contribution in [2.24, 2.45) is 5.41 Å². The molecule has 2 atom stereocenters. The predicted molar refractivity (Wildman–Crippen MR) is 78.4 cm³/mol. The molecule has 0 spiro atoms. The van der Waals surface area contributed by atoms with Crippen molar-refractivity contribution in [1.29, 1.82) is 0 Å². The average Bonchev–Trinajstić information content (AvgIpc) is 2.85. The van der Waals surface area contributed by atoms with Crippen molar-refractivity contribution in [3.8, 4) is 0 Å². The summed E-state index contributed by atoms with van der Waals surface area (Å²) in [5.41, 5.74) is 0.394. The van der Waals surface area contributed by atoms with Crippen molar-refractivity contribution < 1.29 is 14.2 Å². The Morgan fingerprint density at radius 3 is 2.43 bits per heavy atom. The van der Waals surface area contributed by atoms with Gasteiger partial charge in [0.1, 0.15) is 13.1 Å². The Hall–Kier alpha value is -1.19. The molecule has 3 rings (SSSR count). The minimum absolute atomic E-state index is 0.0220. The van der Waals surface area contributed by atoms with Crippen LogP contribution >= 0.6 is 11.3 Å². The summed E-state index contributed by atoms with van der Waals surface area (Å²) in [7, 11) is 1.18. The summed E-state index contributed by atoms with van der Waals surface area (Å²) in [6.45, 7) is 3.76. The van der Waals surface area contributed by atoms with Crippen LogP contribution in [-0.4, -0.2) is 41.6 Å². The van der Waals surface area contributed by atoms with Gasteiger partial charge in [-0.05, 0) is 11.8 Å². The Morgan fingerprint density at radius 1 is 1.19 bits per heavy atom. The van der Waals surface area contributed by atoms with Crippen molar-refractivity contribution >= 4 is 28.3 Å². The highest BCUT2D eigenvalue weighted by atomic mass is 32.1. The van der Waals surface area contributed by atoms with Gasteiger partial charge in [-0.3, -0.25) is 4.79 Å². The topological polar surface area (TPSA) is 93.1 Å². The van der Waals surface area contributed by atoms with Crippen LogP contribution in [0.1, 0.15) is 35.6 Å². The van der Waals surface area contributed by atoms with E-state index < -0.39 is 15.3 Å². The lowest BCUT2D eigenvalue weighted by molar-refractivity contribution is -0.766. The highest BCUT2D eigenvalue weighted by Gasteiger charge is 2.52. The van der Waals surface area contributed by atoms with Gasteiger partial charge in [0.25, 0.3) is 5.13 Å². The molecule has 1 aliphatic carbocycles. The molecule has 0 aromatic carbocycles. The number of fused-ring (bicyclic) bond motifs is 1. The summed E-state index contributed by atoms with van der Waals surface area (Å²) in [5.74, 6) is -0.0392. The van der Waals surface area contributed by atoms with E-state index in [2.05, 4.69) is 4.98 Å². The first-order valence-electron chi connectivity index (χ1n) is 6.79. The number of aromatic nitrogens is 1. The molecule has 0 saturated carbocycles. The smallest absolute Gasteiger partial charge is 0.521 e. The normalized spacial score (nSPS) is 35.1. The number of Topliss-reactive ketones (excluding diaryl/α,β-unsaturated/α-hetero) is 1. The van der Waals surface area contributed by atoms with Crippen LogP contribution in [0.25, 0.3) is 0 Å². The number of ketones is 1. The van der Waals surface area contributed by atoms with E-state index in [1.165, 1.54) is 7.05 Å². The van der Waals surface area contributed by atoms with Gasteiger partial charge in [0.05, 0.1) is 17.6 Å². The van der Waals surface area contributed by atoms with Gasteiger partial charge < -0.3 is 10.4 Å². The molecule has 0 bridgehead atoms. The summed E-state index contributed by atoms with van der Waals surface area (Å²) >= 11 is 0.974. The molecular formula is C13H17N3O4S. The fourth-order valence-corrected chi connectivity index (χ4v) is 3.98. The Morgan fingerprint density at radius 2 is 1.86 bits per heavy atom. The van der Waals surface area contributed by atoms with Gasteiger partial charge in [0, 0.05) is 6.42 Å². The zero-order chi connectivity index (χ0) is 15.6. The molecular weight excluding hydrogens is 294 g/mol. The van der Waals surface area contributed by atoms with Gasteiger partial charge in [-0.2, -0.15) is 14.4 Å². The fraction of sp³-hybridized carbons (Fsp3) is 0.615. The summed E-state index contributed by atoms with van der Waals surface area (Å²) in [5, 5.41) is 24.7. The maximum absolute atomic E-state index is 12.7. The van der Waals surface area contributed by atoms with Crippen molar-refractivity contribution in [1.82, 2.24) is 9.63 Å². The second-order valence-electron chi connectivity index (χ2n) is 6.78. The number of thiazole rings is 1. The highest BCUT2D eigenvalue weighted by molar-refractivity contribution is 7.17. The van der Waals surface area contributed by atoms with Crippen LogP contribution in [0, 0.1) is 15.8 Å². The van der Waals surface area contributed by atoms with Crippen LogP contribution < -0.4 is 4.65 Å². The van der Waals surface area contributed by atoms with Gasteiger partial charge in [0.15, 0.2) is 5.78 Å². The lowest BCUT2D eigenvalue weighted by atomic mass is 9.78. The van der Waals surface area contributed by atoms with Gasteiger partial charge in [-0.25, -0.2) is 4.65 Å². The number of quaternary nitrogens is 2. The first-order valence-corrected chi connectivity index (χ1v) is 7.61. The molecule has 0 N–H and O–H groups in total. The molecule has 1 aliphatic heterocycles. The number of amides is 2. The third kappa shape index (κ3) is 2.14. The Kier molecular flexibility index (Phi) is 2.93. The molecule has 2 aliphatic rings. The second-order valence-corrected chi connectivity index (χ2v) is 7.76. The molecule has 2 amide bonds. The van der Waals surface area contributed by atoms with E-state index in [4.69, 9.17) is 0 Å². The van der Waals surface area contributed by atoms with Crippen LogP contribution in [-0.2, 0) is 6.42 Å². The average molecular weight is 311 g/mol. The van der Waals surface area contributed by atoms with E-state index in [1.807, 2.05) is 13.8 Å². The van der Waals surface area contributed by atoms with E-state index in [-0.39, 0.29) is 29.4 Å². The molecule has 114 valence electrons. The molecule has 1 aromatic heterocycles. The second kappa shape index (κ2) is 4.17.